The van der Waals surface area contributed by atoms with E-state index in [1.54, 1.807) is 7.11 Å². The summed E-state index contributed by atoms with van der Waals surface area (Å²) in [5.41, 5.74) is 1.55. The van der Waals surface area contributed by atoms with E-state index in [2.05, 4.69) is 20.1 Å². The van der Waals surface area contributed by atoms with Crippen molar-refractivity contribution in [1.82, 2.24) is 25.0 Å². The van der Waals surface area contributed by atoms with E-state index in [0.717, 1.165) is 60.7 Å². The summed E-state index contributed by atoms with van der Waals surface area (Å²) >= 11 is 0. The molecule has 5 rings (SSSR count). The highest BCUT2D eigenvalue weighted by molar-refractivity contribution is 5.99. The van der Waals surface area contributed by atoms with Crippen molar-refractivity contribution >= 4 is 16.9 Å². The van der Waals surface area contributed by atoms with Crippen molar-refractivity contribution in [1.29, 1.82) is 0 Å². The van der Waals surface area contributed by atoms with Crippen LogP contribution in [0.2, 0.25) is 0 Å². The Hall–Kier alpha value is -2.71. The normalized spacial score (nSPS) is 17.6. The van der Waals surface area contributed by atoms with Crippen molar-refractivity contribution in [2.24, 2.45) is 0 Å². The number of nitrogens with zero attached hydrogens (tertiary/aromatic N) is 4. The van der Waals surface area contributed by atoms with E-state index in [1.165, 1.54) is 0 Å². The van der Waals surface area contributed by atoms with Gasteiger partial charge in [-0.2, -0.15) is 0 Å². The zero-order valence-electron chi connectivity index (χ0n) is 16.6. The summed E-state index contributed by atoms with van der Waals surface area (Å²) in [5, 5.41) is 13.1. The van der Waals surface area contributed by atoms with Gasteiger partial charge in [0.05, 0.1) is 13.2 Å². The van der Waals surface area contributed by atoms with Gasteiger partial charge < -0.3 is 23.9 Å². The molecule has 1 N–H and O–H groups in total. The van der Waals surface area contributed by atoms with Crippen molar-refractivity contribution in [3.05, 3.63) is 47.2 Å². The van der Waals surface area contributed by atoms with Gasteiger partial charge in [0, 0.05) is 50.2 Å². The van der Waals surface area contributed by atoms with Crippen LogP contribution in [-0.2, 0) is 24.4 Å². The number of rotatable bonds is 4. The van der Waals surface area contributed by atoms with Crippen molar-refractivity contribution in [3.63, 3.8) is 0 Å². The largest absolute Gasteiger partial charge is 0.451 e. The zero-order valence-corrected chi connectivity index (χ0v) is 16.6. The Labute approximate surface area is 168 Å². The minimum Gasteiger partial charge on any atom is -0.451 e. The molecular formula is C21H25N5O3. The number of methoxy groups -OCH3 is 1. The molecule has 29 heavy (non-hydrogen) atoms. The Morgan fingerprint density at radius 1 is 1.24 bits per heavy atom. The first-order valence-corrected chi connectivity index (χ1v) is 10.2. The molecule has 2 aliphatic rings. The molecule has 8 nitrogen and oxygen atoms in total. The number of hydrogen-bond acceptors (Lipinski definition) is 6. The second-order valence-electron chi connectivity index (χ2n) is 7.71. The minimum absolute atomic E-state index is 0.0563. The van der Waals surface area contributed by atoms with Crippen LogP contribution in [0.4, 0.5) is 0 Å². The Balaban J connectivity index is 1.34. The smallest absolute Gasteiger partial charge is 0.289 e. The van der Waals surface area contributed by atoms with Crippen molar-refractivity contribution in [2.45, 2.75) is 38.5 Å². The third-order valence-electron chi connectivity index (χ3n) is 5.98. The standard InChI is InChI=1S/C21H25N5O3/c1-28-13-16-15-4-2-3-5-17(15)29-19(16)21(27)25-9-6-14(7-10-25)20-24-23-18-12-22-8-11-26(18)20/h2-5,14,22H,6-13H2,1H3. The lowest BCUT2D eigenvalue weighted by atomic mass is 9.95. The first kappa shape index (κ1) is 18.3. The molecule has 152 valence electrons. The molecule has 0 aliphatic carbocycles. The van der Waals surface area contributed by atoms with Crippen molar-refractivity contribution in [2.75, 3.05) is 26.7 Å². The third kappa shape index (κ3) is 3.22. The van der Waals surface area contributed by atoms with E-state index in [0.29, 0.717) is 31.4 Å². The lowest BCUT2D eigenvalue weighted by Crippen LogP contribution is -2.39. The number of likely N-dealkylation sites (tertiary alicyclic amines) is 1. The minimum atomic E-state index is -0.0563. The van der Waals surface area contributed by atoms with Crippen LogP contribution in [0.3, 0.4) is 0 Å². The van der Waals surface area contributed by atoms with E-state index in [4.69, 9.17) is 9.15 Å². The number of amides is 1. The van der Waals surface area contributed by atoms with Gasteiger partial charge in [0.1, 0.15) is 17.2 Å². The molecule has 0 saturated carbocycles. The number of ether oxygens (including phenoxy) is 1. The molecule has 4 heterocycles. The first-order chi connectivity index (χ1) is 14.3. The lowest BCUT2D eigenvalue weighted by Gasteiger charge is -2.31. The van der Waals surface area contributed by atoms with Crippen LogP contribution in [-0.4, -0.2) is 52.3 Å². The molecule has 0 bridgehead atoms. The van der Waals surface area contributed by atoms with E-state index in [1.807, 2.05) is 29.2 Å². The monoisotopic (exact) mass is 395 g/mol. The number of piperidine rings is 1. The number of carbonyl (C=O) groups excluding carboxylic acids is 1. The van der Waals surface area contributed by atoms with Gasteiger partial charge in [0.15, 0.2) is 5.76 Å². The molecule has 3 aromatic rings. The molecule has 1 amide bonds. The van der Waals surface area contributed by atoms with Gasteiger partial charge in [-0.3, -0.25) is 4.79 Å². The number of nitrogens with one attached hydrogen (secondary N) is 1. The van der Waals surface area contributed by atoms with E-state index < -0.39 is 0 Å². The van der Waals surface area contributed by atoms with Crippen LogP contribution in [0.5, 0.6) is 0 Å². The second-order valence-corrected chi connectivity index (χ2v) is 7.71. The summed E-state index contributed by atoms with van der Waals surface area (Å²) in [6, 6.07) is 7.72. The number of hydrogen-bond donors (Lipinski definition) is 1. The quantitative estimate of drug-likeness (QED) is 0.730. The van der Waals surface area contributed by atoms with Gasteiger partial charge in [0.2, 0.25) is 0 Å². The number of furan rings is 1. The summed E-state index contributed by atoms with van der Waals surface area (Å²) in [5.74, 6) is 2.76. The number of aromatic nitrogens is 3. The Morgan fingerprint density at radius 2 is 2.07 bits per heavy atom. The zero-order chi connectivity index (χ0) is 19.8. The topological polar surface area (TPSA) is 85.4 Å². The number of fused-ring (bicyclic) bond motifs is 2. The highest BCUT2D eigenvalue weighted by atomic mass is 16.5. The summed E-state index contributed by atoms with van der Waals surface area (Å²) in [6.45, 7) is 4.37. The summed E-state index contributed by atoms with van der Waals surface area (Å²) in [7, 11) is 1.64. The van der Waals surface area contributed by atoms with Crippen molar-refractivity contribution < 1.29 is 13.9 Å². The lowest BCUT2D eigenvalue weighted by molar-refractivity contribution is 0.0674. The van der Waals surface area contributed by atoms with Gasteiger partial charge in [-0.05, 0) is 18.9 Å². The summed E-state index contributed by atoms with van der Waals surface area (Å²) in [6.07, 6.45) is 1.77. The molecule has 8 heteroatoms. The average molecular weight is 395 g/mol. The molecule has 1 aromatic carbocycles. The van der Waals surface area contributed by atoms with Crippen LogP contribution in [0.15, 0.2) is 28.7 Å². The molecule has 0 radical (unpaired) electrons. The Bertz CT molecular complexity index is 1030. The Kier molecular flexibility index (Phi) is 4.81. The molecule has 1 fully saturated rings. The average Bonchev–Trinajstić information content (AvgIpc) is 3.36. The fraction of sp³-hybridized carbons (Fsp3) is 0.476. The predicted octanol–water partition coefficient (Wildman–Crippen LogP) is 2.29. The van der Waals surface area contributed by atoms with E-state index >= 15 is 0 Å². The van der Waals surface area contributed by atoms with Gasteiger partial charge >= 0.3 is 0 Å². The maximum atomic E-state index is 13.2. The SMILES string of the molecule is COCc1c(C(=O)N2CCC(c3nnc4n3CCNC4)CC2)oc2ccccc12. The van der Waals surface area contributed by atoms with Gasteiger partial charge in [0.25, 0.3) is 5.91 Å². The number of para-hydroxylation sites is 1. The van der Waals surface area contributed by atoms with Crippen molar-refractivity contribution in [3.8, 4) is 0 Å². The molecule has 0 spiro atoms. The number of carbonyl (C=O) groups is 1. The molecule has 0 atom stereocenters. The highest BCUT2D eigenvalue weighted by Gasteiger charge is 2.31. The molecule has 1 saturated heterocycles. The highest BCUT2D eigenvalue weighted by Crippen LogP contribution is 2.31. The number of benzene rings is 1. The maximum Gasteiger partial charge on any atom is 0.289 e. The van der Waals surface area contributed by atoms with E-state index in [-0.39, 0.29) is 5.91 Å². The fourth-order valence-corrected chi connectivity index (χ4v) is 4.46. The third-order valence-corrected chi connectivity index (χ3v) is 5.98. The van der Waals surface area contributed by atoms with Crippen LogP contribution in [0, 0.1) is 0 Å². The fourth-order valence-electron chi connectivity index (χ4n) is 4.46. The first-order valence-electron chi connectivity index (χ1n) is 10.2. The van der Waals surface area contributed by atoms with Gasteiger partial charge in [-0.1, -0.05) is 18.2 Å². The summed E-state index contributed by atoms with van der Waals surface area (Å²) in [4.78, 5) is 15.1. The second kappa shape index (κ2) is 7.61. The summed E-state index contributed by atoms with van der Waals surface area (Å²) < 4.78 is 13.5. The van der Waals surface area contributed by atoms with Crippen LogP contribution >= 0.6 is 0 Å². The van der Waals surface area contributed by atoms with Gasteiger partial charge in [-0.25, -0.2) is 0 Å². The predicted molar refractivity (Wildman–Crippen MR) is 107 cm³/mol. The molecule has 2 aromatic heterocycles. The van der Waals surface area contributed by atoms with Crippen LogP contribution in [0.25, 0.3) is 11.0 Å². The van der Waals surface area contributed by atoms with E-state index in [9.17, 15) is 4.79 Å². The van der Waals surface area contributed by atoms with Crippen LogP contribution in [0.1, 0.15) is 46.5 Å². The van der Waals surface area contributed by atoms with Crippen LogP contribution < -0.4 is 5.32 Å². The Morgan fingerprint density at radius 3 is 2.90 bits per heavy atom. The molecule has 0 unspecified atom stereocenters. The van der Waals surface area contributed by atoms with Gasteiger partial charge in [-0.15, -0.1) is 10.2 Å². The molecule has 2 aliphatic heterocycles. The molecular weight excluding hydrogens is 370 g/mol. The maximum absolute atomic E-state index is 13.2.